The Hall–Kier alpha value is -0.520. The van der Waals surface area contributed by atoms with Gasteiger partial charge in [-0.05, 0) is 60.2 Å². The molecule has 0 bridgehead atoms. The van der Waals surface area contributed by atoms with Gasteiger partial charge in [0.2, 0.25) is 0 Å². The molecule has 2 atom stereocenters. The second kappa shape index (κ2) is 7.48. The number of hydrogen-bond donors (Lipinski definition) is 1. The molecule has 0 radical (unpaired) electrons. The summed E-state index contributed by atoms with van der Waals surface area (Å²) in [4.78, 5) is 0. The molecule has 1 aliphatic heterocycles. The van der Waals surface area contributed by atoms with Gasteiger partial charge in [0, 0.05) is 18.6 Å². The van der Waals surface area contributed by atoms with Gasteiger partial charge in [-0.2, -0.15) is 0 Å². The molecule has 0 saturated carbocycles. The number of aliphatic hydroxyl groups is 1. The summed E-state index contributed by atoms with van der Waals surface area (Å²) < 4.78 is 33.2. The molecular weight excluding hydrogens is 330 g/mol. The van der Waals surface area contributed by atoms with Crippen LogP contribution in [0.15, 0.2) is 16.6 Å². The Morgan fingerprint density at radius 1 is 1.35 bits per heavy atom. The first-order valence-electron chi connectivity index (χ1n) is 7.00. The lowest BCUT2D eigenvalue weighted by Crippen LogP contribution is -2.22. The topological polar surface area (TPSA) is 29.5 Å². The van der Waals surface area contributed by atoms with Crippen molar-refractivity contribution in [3.05, 3.63) is 33.8 Å². The molecule has 0 aliphatic carbocycles. The average molecular weight is 349 g/mol. The predicted molar refractivity (Wildman–Crippen MR) is 76.6 cm³/mol. The van der Waals surface area contributed by atoms with E-state index in [-0.39, 0.29) is 22.6 Å². The monoisotopic (exact) mass is 348 g/mol. The van der Waals surface area contributed by atoms with E-state index in [1.807, 2.05) is 0 Å². The highest BCUT2D eigenvalue weighted by atomic mass is 79.9. The lowest BCUT2D eigenvalue weighted by molar-refractivity contribution is 0.00225. The van der Waals surface area contributed by atoms with Crippen LogP contribution in [0.5, 0.6) is 0 Å². The van der Waals surface area contributed by atoms with Crippen LogP contribution in [0.3, 0.4) is 0 Å². The minimum absolute atomic E-state index is 0.0101. The van der Waals surface area contributed by atoms with E-state index in [9.17, 15) is 13.9 Å². The van der Waals surface area contributed by atoms with Gasteiger partial charge in [-0.1, -0.05) is 0 Å². The first kappa shape index (κ1) is 15.9. The van der Waals surface area contributed by atoms with Crippen LogP contribution in [0.4, 0.5) is 8.78 Å². The molecule has 1 N–H and O–H groups in total. The summed E-state index contributed by atoms with van der Waals surface area (Å²) in [5.41, 5.74) is -0.0589. The fourth-order valence-corrected chi connectivity index (χ4v) is 2.88. The van der Waals surface area contributed by atoms with Gasteiger partial charge in [0.25, 0.3) is 0 Å². The number of halogens is 3. The summed E-state index contributed by atoms with van der Waals surface area (Å²) in [5, 5.41) is 9.97. The summed E-state index contributed by atoms with van der Waals surface area (Å²) >= 11 is 3.03. The van der Waals surface area contributed by atoms with Gasteiger partial charge in [0.05, 0.1) is 16.7 Å². The van der Waals surface area contributed by atoms with Crippen molar-refractivity contribution >= 4 is 15.9 Å². The number of aliphatic hydroxyl groups excluding tert-OH is 1. The summed E-state index contributed by atoms with van der Waals surface area (Å²) in [6, 6.07) is 2.54. The molecule has 1 heterocycles. The van der Waals surface area contributed by atoms with Crippen molar-refractivity contribution in [1.29, 1.82) is 0 Å². The van der Waals surface area contributed by atoms with Crippen molar-refractivity contribution in [2.24, 2.45) is 0 Å². The number of hydrogen-bond acceptors (Lipinski definition) is 2. The van der Waals surface area contributed by atoms with E-state index >= 15 is 0 Å². The van der Waals surface area contributed by atoms with Crippen molar-refractivity contribution in [2.75, 3.05) is 6.61 Å². The Bertz CT molecular complexity index is 448. The van der Waals surface area contributed by atoms with Crippen LogP contribution in [0.25, 0.3) is 0 Å². The fourth-order valence-electron chi connectivity index (χ4n) is 2.51. The van der Waals surface area contributed by atoms with Crippen LogP contribution in [0.1, 0.15) is 37.7 Å². The Morgan fingerprint density at radius 3 is 2.85 bits per heavy atom. The van der Waals surface area contributed by atoms with E-state index < -0.39 is 17.7 Å². The van der Waals surface area contributed by atoms with E-state index in [0.717, 1.165) is 32.3 Å². The average Bonchev–Trinajstić information content (AvgIpc) is 2.46. The molecule has 1 fully saturated rings. The fraction of sp³-hybridized carbons (Fsp3) is 0.600. The second-order valence-corrected chi connectivity index (χ2v) is 6.10. The third-order valence-electron chi connectivity index (χ3n) is 3.67. The third kappa shape index (κ3) is 4.24. The molecular formula is C15H19BrF2O2. The molecule has 20 heavy (non-hydrogen) atoms. The zero-order valence-corrected chi connectivity index (χ0v) is 12.8. The van der Waals surface area contributed by atoms with Gasteiger partial charge in [-0.15, -0.1) is 0 Å². The first-order valence-corrected chi connectivity index (χ1v) is 7.79. The zero-order chi connectivity index (χ0) is 14.5. The minimum atomic E-state index is -0.751. The molecule has 0 aromatic heterocycles. The molecule has 1 aliphatic rings. The highest BCUT2D eigenvalue weighted by Gasteiger charge is 2.19. The SMILES string of the molecule is OC(CCC1CCCCO1)Cc1c(F)ccc(Br)c1F. The van der Waals surface area contributed by atoms with Crippen molar-refractivity contribution < 1.29 is 18.6 Å². The normalized spacial score (nSPS) is 20.9. The Labute approximate surface area is 126 Å². The standard InChI is InChI=1S/C15H19BrF2O2/c16-13-6-7-14(17)12(15(13)18)9-10(19)4-5-11-3-1-2-8-20-11/h6-7,10-11,19H,1-5,8-9H2. The molecule has 2 rings (SSSR count). The molecule has 0 spiro atoms. The van der Waals surface area contributed by atoms with Gasteiger partial charge >= 0.3 is 0 Å². The summed E-state index contributed by atoms with van der Waals surface area (Å²) in [5.74, 6) is -1.24. The Morgan fingerprint density at radius 2 is 2.15 bits per heavy atom. The van der Waals surface area contributed by atoms with Crippen LogP contribution in [-0.2, 0) is 11.2 Å². The lowest BCUT2D eigenvalue weighted by atomic mass is 9.99. The molecule has 0 amide bonds. The molecule has 1 aromatic carbocycles. The van der Waals surface area contributed by atoms with E-state index in [4.69, 9.17) is 4.74 Å². The van der Waals surface area contributed by atoms with Crippen LogP contribution in [-0.4, -0.2) is 23.9 Å². The molecule has 1 saturated heterocycles. The lowest BCUT2D eigenvalue weighted by Gasteiger charge is -2.23. The molecule has 2 nitrogen and oxygen atoms in total. The van der Waals surface area contributed by atoms with Crippen LogP contribution < -0.4 is 0 Å². The van der Waals surface area contributed by atoms with Gasteiger partial charge in [0.15, 0.2) is 0 Å². The molecule has 5 heteroatoms. The predicted octanol–water partition coefficient (Wildman–Crippen LogP) is 3.98. The highest BCUT2D eigenvalue weighted by Crippen LogP contribution is 2.24. The molecule has 2 unspecified atom stereocenters. The highest BCUT2D eigenvalue weighted by molar-refractivity contribution is 9.10. The molecule has 112 valence electrons. The van der Waals surface area contributed by atoms with E-state index in [1.165, 1.54) is 12.1 Å². The smallest absolute Gasteiger partial charge is 0.143 e. The maximum absolute atomic E-state index is 13.8. The van der Waals surface area contributed by atoms with E-state index in [0.29, 0.717) is 6.42 Å². The van der Waals surface area contributed by atoms with Gasteiger partial charge < -0.3 is 9.84 Å². The van der Waals surface area contributed by atoms with E-state index in [2.05, 4.69) is 15.9 Å². The van der Waals surface area contributed by atoms with Crippen LogP contribution in [0.2, 0.25) is 0 Å². The summed E-state index contributed by atoms with van der Waals surface area (Å²) in [6.07, 6.45) is 3.89. The summed E-state index contributed by atoms with van der Waals surface area (Å²) in [6.45, 7) is 0.773. The van der Waals surface area contributed by atoms with Crippen LogP contribution >= 0.6 is 15.9 Å². The Balaban J connectivity index is 1.88. The summed E-state index contributed by atoms with van der Waals surface area (Å²) in [7, 11) is 0. The van der Waals surface area contributed by atoms with Gasteiger partial charge in [-0.25, -0.2) is 8.78 Å². The van der Waals surface area contributed by atoms with Crippen molar-refractivity contribution in [2.45, 2.75) is 50.7 Å². The van der Waals surface area contributed by atoms with E-state index in [1.54, 1.807) is 0 Å². The Kier molecular flexibility index (Phi) is 5.93. The third-order valence-corrected chi connectivity index (χ3v) is 4.29. The number of ether oxygens (including phenoxy) is 1. The minimum Gasteiger partial charge on any atom is -0.393 e. The quantitative estimate of drug-likeness (QED) is 0.815. The van der Waals surface area contributed by atoms with Crippen molar-refractivity contribution in [3.8, 4) is 0 Å². The van der Waals surface area contributed by atoms with Crippen molar-refractivity contribution in [3.63, 3.8) is 0 Å². The maximum atomic E-state index is 13.8. The van der Waals surface area contributed by atoms with Gasteiger partial charge in [0.1, 0.15) is 11.6 Å². The van der Waals surface area contributed by atoms with Gasteiger partial charge in [-0.3, -0.25) is 0 Å². The largest absolute Gasteiger partial charge is 0.393 e. The number of benzene rings is 1. The maximum Gasteiger partial charge on any atom is 0.143 e. The zero-order valence-electron chi connectivity index (χ0n) is 11.2. The second-order valence-electron chi connectivity index (χ2n) is 5.25. The first-order chi connectivity index (χ1) is 9.58. The molecule has 1 aromatic rings. The number of rotatable bonds is 5. The van der Waals surface area contributed by atoms with Crippen molar-refractivity contribution in [1.82, 2.24) is 0 Å². The van der Waals surface area contributed by atoms with Crippen LogP contribution in [0, 0.1) is 11.6 Å².